The minimum absolute atomic E-state index is 1.05. The molecule has 1 rings (SSSR count). The highest BCUT2D eigenvalue weighted by atomic mass is 14.7. The van der Waals surface area contributed by atoms with Crippen molar-refractivity contribution in [3.05, 3.63) is 48.2 Å². The van der Waals surface area contributed by atoms with Crippen molar-refractivity contribution < 1.29 is 0 Å². The van der Waals surface area contributed by atoms with Gasteiger partial charge in [-0.15, -0.1) is 0 Å². The predicted octanol–water partition coefficient (Wildman–Crippen LogP) is 5.47. The van der Waals surface area contributed by atoms with Gasteiger partial charge >= 0.3 is 0 Å². The van der Waals surface area contributed by atoms with Gasteiger partial charge in [0.25, 0.3) is 0 Å². The van der Waals surface area contributed by atoms with Gasteiger partial charge in [-0.05, 0) is 19.4 Å². The normalized spacial score (nSPS) is 10.1. The molecule has 1 heteroatoms. The molecule has 1 aromatic carbocycles. The molecule has 0 saturated carbocycles. The fourth-order valence-electron chi connectivity index (χ4n) is 0.940. The fourth-order valence-corrected chi connectivity index (χ4v) is 0.940. The van der Waals surface area contributed by atoms with Crippen molar-refractivity contribution in [2.24, 2.45) is 4.99 Å². The number of allylic oxidation sites excluding steroid dienone is 1. The van der Waals surface area contributed by atoms with Crippen LogP contribution in [0.2, 0.25) is 0 Å². The third-order valence-electron chi connectivity index (χ3n) is 1.61. The summed E-state index contributed by atoms with van der Waals surface area (Å²) >= 11 is 0. The van der Waals surface area contributed by atoms with E-state index in [0.29, 0.717) is 0 Å². The SMILES string of the molecule is C/C=C\N=C(C)c1ccccc1.CC.CCC. The van der Waals surface area contributed by atoms with E-state index < -0.39 is 0 Å². The molecule has 0 aromatic heterocycles. The molecule has 0 spiro atoms. The number of hydrogen-bond donors (Lipinski definition) is 0. The lowest BCUT2D eigenvalue weighted by Gasteiger charge is -1.96. The van der Waals surface area contributed by atoms with Gasteiger partial charge in [0, 0.05) is 11.9 Å². The zero-order valence-corrected chi connectivity index (χ0v) is 12.2. The molecule has 0 fully saturated rings. The van der Waals surface area contributed by atoms with Crippen molar-refractivity contribution in [1.29, 1.82) is 0 Å². The Morgan fingerprint density at radius 3 is 2.00 bits per heavy atom. The van der Waals surface area contributed by atoms with Crippen LogP contribution in [0.15, 0.2) is 47.6 Å². The second-order valence-electron chi connectivity index (χ2n) is 3.27. The number of rotatable bonds is 2. The third-order valence-corrected chi connectivity index (χ3v) is 1.61. The maximum absolute atomic E-state index is 4.25. The third kappa shape index (κ3) is 10.9. The highest BCUT2D eigenvalue weighted by molar-refractivity contribution is 5.98. The van der Waals surface area contributed by atoms with Crippen molar-refractivity contribution in [2.75, 3.05) is 0 Å². The van der Waals surface area contributed by atoms with E-state index >= 15 is 0 Å². The van der Waals surface area contributed by atoms with Gasteiger partial charge in [-0.2, -0.15) is 0 Å². The second kappa shape index (κ2) is 14.6. The molecule has 96 valence electrons. The van der Waals surface area contributed by atoms with Crippen molar-refractivity contribution >= 4 is 5.71 Å². The summed E-state index contributed by atoms with van der Waals surface area (Å²) in [4.78, 5) is 4.25. The van der Waals surface area contributed by atoms with Gasteiger partial charge in [0.2, 0.25) is 0 Å². The summed E-state index contributed by atoms with van der Waals surface area (Å²) in [6.07, 6.45) is 4.98. The van der Waals surface area contributed by atoms with Crippen LogP contribution < -0.4 is 0 Å². The average molecular weight is 233 g/mol. The summed E-state index contributed by atoms with van der Waals surface area (Å²) in [5.41, 5.74) is 2.23. The summed E-state index contributed by atoms with van der Waals surface area (Å²) in [6, 6.07) is 10.2. The molecule has 0 radical (unpaired) electrons. The van der Waals surface area contributed by atoms with E-state index in [9.17, 15) is 0 Å². The van der Waals surface area contributed by atoms with Crippen LogP contribution in [-0.2, 0) is 0 Å². The number of hydrogen-bond acceptors (Lipinski definition) is 1. The minimum atomic E-state index is 1.05. The maximum Gasteiger partial charge on any atom is 0.0444 e. The molecule has 0 heterocycles. The summed E-state index contributed by atoms with van der Waals surface area (Å²) in [5.74, 6) is 0. The first kappa shape index (κ1) is 18.0. The first-order valence-electron chi connectivity index (χ1n) is 6.47. The van der Waals surface area contributed by atoms with Crippen LogP contribution in [0.3, 0.4) is 0 Å². The Bertz CT molecular complexity index is 297. The average Bonchev–Trinajstić information content (AvgIpc) is 2.40. The lowest BCUT2D eigenvalue weighted by atomic mass is 10.1. The molecule has 1 aromatic rings. The van der Waals surface area contributed by atoms with E-state index in [0.717, 1.165) is 5.71 Å². The van der Waals surface area contributed by atoms with Crippen LogP contribution in [0.25, 0.3) is 0 Å². The molecule has 0 unspecified atom stereocenters. The van der Waals surface area contributed by atoms with E-state index in [2.05, 4.69) is 31.0 Å². The van der Waals surface area contributed by atoms with Crippen LogP contribution in [0.4, 0.5) is 0 Å². The Kier molecular flexibility index (Phi) is 15.5. The van der Waals surface area contributed by atoms with Gasteiger partial charge in [-0.3, -0.25) is 4.99 Å². The topological polar surface area (TPSA) is 12.4 Å². The smallest absolute Gasteiger partial charge is 0.0444 e. The molecule has 0 aliphatic heterocycles. The van der Waals surface area contributed by atoms with Crippen molar-refractivity contribution in [3.8, 4) is 0 Å². The molecule has 0 N–H and O–H groups in total. The van der Waals surface area contributed by atoms with Gasteiger partial charge in [-0.25, -0.2) is 0 Å². The zero-order chi connectivity index (χ0) is 13.5. The quantitative estimate of drug-likeness (QED) is 0.600. The number of aliphatic imine (C=N–C) groups is 1. The van der Waals surface area contributed by atoms with E-state index in [1.54, 1.807) is 0 Å². The van der Waals surface area contributed by atoms with Crippen LogP contribution in [0.1, 0.15) is 53.5 Å². The Morgan fingerprint density at radius 1 is 1.12 bits per heavy atom. The molecule has 0 saturated heterocycles. The molecule has 0 aliphatic carbocycles. The Hall–Kier alpha value is -1.37. The zero-order valence-electron chi connectivity index (χ0n) is 12.2. The standard InChI is InChI=1S/C11H13N.C3H8.C2H6/c1-3-9-12-10(2)11-7-5-4-6-8-11;1-3-2;1-2/h3-9H,1-2H3;3H2,1-2H3;1-2H3/b9-3-,12-10?;;. The highest BCUT2D eigenvalue weighted by Crippen LogP contribution is 2.00. The van der Waals surface area contributed by atoms with Gasteiger partial charge in [0.15, 0.2) is 0 Å². The molecule has 0 amide bonds. The lowest BCUT2D eigenvalue weighted by molar-refractivity contribution is 1.09. The van der Waals surface area contributed by atoms with E-state index in [1.807, 2.05) is 58.2 Å². The highest BCUT2D eigenvalue weighted by Gasteiger charge is 1.91. The summed E-state index contributed by atoms with van der Waals surface area (Å²) < 4.78 is 0. The molecular formula is C16H27N. The lowest BCUT2D eigenvalue weighted by Crippen LogP contribution is -1.91. The largest absolute Gasteiger partial charge is 0.261 e. The van der Waals surface area contributed by atoms with Gasteiger partial charge in [0.05, 0.1) is 0 Å². The minimum Gasteiger partial charge on any atom is -0.261 e. The van der Waals surface area contributed by atoms with E-state index in [4.69, 9.17) is 0 Å². The van der Waals surface area contributed by atoms with Crippen LogP contribution in [-0.4, -0.2) is 5.71 Å². The Morgan fingerprint density at radius 2 is 1.59 bits per heavy atom. The van der Waals surface area contributed by atoms with Crippen molar-refractivity contribution in [3.63, 3.8) is 0 Å². The van der Waals surface area contributed by atoms with Crippen molar-refractivity contribution in [2.45, 2.75) is 48.0 Å². The summed E-state index contributed by atoms with van der Waals surface area (Å²) in [5, 5.41) is 0. The molecule has 17 heavy (non-hydrogen) atoms. The summed E-state index contributed by atoms with van der Waals surface area (Å²) in [6.45, 7) is 12.2. The molecule has 1 nitrogen and oxygen atoms in total. The molecule has 0 bridgehead atoms. The Balaban J connectivity index is 0. The first-order valence-corrected chi connectivity index (χ1v) is 6.47. The van der Waals surface area contributed by atoms with E-state index in [1.165, 1.54) is 12.0 Å². The fraction of sp³-hybridized carbons (Fsp3) is 0.438. The van der Waals surface area contributed by atoms with Gasteiger partial charge < -0.3 is 0 Å². The summed E-state index contributed by atoms with van der Waals surface area (Å²) in [7, 11) is 0. The van der Waals surface area contributed by atoms with Crippen LogP contribution in [0.5, 0.6) is 0 Å². The monoisotopic (exact) mass is 233 g/mol. The number of benzene rings is 1. The van der Waals surface area contributed by atoms with E-state index in [-0.39, 0.29) is 0 Å². The second-order valence-corrected chi connectivity index (χ2v) is 3.27. The van der Waals surface area contributed by atoms with Gasteiger partial charge in [-0.1, -0.05) is 70.5 Å². The molecular weight excluding hydrogens is 206 g/mol. The van der Waals surface area contributed by atoms with Gasteiger partial charge in [0.1, 0.15) is 0 Å². The number of nitrogens with zero attached hydrogens (tertiary/aromatic N) is 1. The predicted molar refractivity (Wildman–Crippen MR) is 80.8 cm³/mol. The maximum atomic E-state index is 4.25. The molecule has 0 aliphatic rings. The van der Waals surface area contributed by atoms with Crippen LogP contribution in [0, 0.1) is 0 Å². The first-order chi connectivity index (χ1) is 8.26. The molecule has 0 atom stereocenters. The van der Waals surface area contributed by atoms with Crippen molar-refractivity contribution in [1.82, 2.24) is 0 Å². The van der Waals surface area contributed by atoms with Crippen LogP contribution >= 0.6 is 0 Å². The Labute approximate surface area is 107 Å².